The molecular formula is C11H10FNO4. The van der Waals surface area contributed by atoms with Crippen molar-refractivity contribution in [3.63, 3.8) is 0 Å². The molecule has 0 spiro atoms. The maximum Gasteiger partial charge on any atom is 0.409 e. The molecule has 0 aliphatic carbocycles. The molecule has 0 heterocycles. The van der Waals surface area contributed by atoms with E-state index in [1.54, 1.807) is 0 Å². The Morgan fingerprint density at radius 3 is 2.82 bits per heavy atom. The average molecular weight is 239 g/mol. The van der Waals surface area contributed by atoms with Crippen molar-refractivity contribution >= 4 is 12.0 Å². The molecule has 5 nitrogen and oxygen atoms in total. The molecule has 1 aromatic rings. The number of benzene rings is 1. The molecule has 90 valence electrons. The van der Waals surface area contributed by atoms with Crippen LogP contribution in [0.2, 0.25) is 0 Å². The first kappa shape index (κ1) is 12.8. The molecule has 1 aromatic carbocycles. The van der Waals surface area contributed by atoms with E-state index in [1.807, 2.05) is 0 Å². The highest BCUT2D eigenvalue weighted by Gasteiger charge is 2.23. The summed E-state index contributed by atoms with van der Waals surface area (Å²) in [6.07, 6.45) is 0.973. The van der Waals surface area contributed by atoms with Gasteiger partial charge in [0.05, 0.1) is 11.5 Å². The van der Waals surface area contributed by atoms with Crippen LogP contribution in [0.5, 0.6) is 0 Å². The summed E-state index contributed by atoms with van der Waals surface area (Å²) in [5.41, 5.74) is -0.498. The van der Waals surface area contributed by atoms with Crippen molar-refractivity contribution in [2.75, 3.05) is 6.61 Å². The Kier molecular flexibility index (Phi) is 4.33. The van der Waals surface area contributed by atoms with E-state index in [-0.39, 0.29) is 12.2 Å². The molecule has 17 heavy (non-hydrogen) atoms. The summed E-state index contributed by atoms with van der Waals surface area (Å²) >= 11 is 0. The molecule has 0 saturated carbocycles. The number of hydrogen-bond donors (Lipinski definition) is 0. The Labute approximate surface area is 96.7 Å². The minimum absolute atomic E-state index is 0.0349. The number of hydrogen-bond acceptors (Lipinski definition) is 4. The summed E-state index contributed by atoms with van der Waals surface area (Å²) in [7, 11) is 0. The van der Waals surface area contributed by atoms with Crippen LogP contribution in [-0.4, -0.2) is 17.5 Å². The van der Waals surface area contributed by atoms with E-state index in [0.29, 0.717) is 0 Å². The van der Waals surface area contributed by atoms with Crippen molar-refractivity contribution in [3.05, 3.63) is 51.5 Å². The monoisotopic (exact) mass is 239 g/mol. The van der Waals surface area contributed by atoms with E-state index >= 15 is 0 Å². The van der Waals surface area contributed by atoms with Crippen LogP contribution < -0.4 is 0 Å². The average Bonchev–Trinajstić information content (AvgIpc) is 2.26. The maximum atomic E-state index is 12.9. The van der Waals surface area contributed by atoms with Gasteiger partial charge in [-0.05, 0) is 24.6 Å². The summed E-state index contributed by atoms with van der Waals surface area (Å²) in [4.78, 5) is 21.0. The van der Waals surface area contributed by atoms with Crippen LogP contribution in [0.25, 0.3) is 6.08 Å². The standard InChI is InChI=1S/C11H10FNO4/c1-2-17-11(14)10(13(15)16)7-8-4-3-5-9(12)6-8/h3-7H,2H2,1H3. The van der Waals surface area contributed by atoms with Crippen molar-refractivity contribution in [2.45, 2.75) is 6.92 Å². The molecule has 0 aliphatic rings. The van der Waals surface area contributed by atoms with Gasteiger partial charge in [-0.15, -0.1) is 0 Å². The smallest absolute Gasteiger partial charge is 0.409 e. The van der Waals surface area contributed by atoms with Gasteiger partial charge < -0.3 is 4.74 Å². The number of nitrogens with zero attached hydrogens (tertiary/aromatic N) is 1. The van der Waals surface area contributed by atoms with Gasteiger partial charge in [0.25, 0.3) is 0 Å². The van der Waals surface area contributed by atoms with Crippen LogP contribution in [0.4, 0.5) is 4.39 Å². The van der Waals surface area contributed by atoms with Crippen LogP contribution in [0, 0.1) is 15.9 Å². The fourth-order valence-electron chi connectivity index (χ4n) is 1.15. The Hall–Kier alpha value is -2.24. The second kappa shape index (κ2) is 5.74. The van der Waals surface area contributed by atoms with E-state index in [9.17, 15) is 19.3 Å². The molecule has 6 heteroatoms. The van der Waals surface area contributed by atoms with E-state index in [2.05, 4.69) is 4.74 Å². The predicted octanol–water partition coefficient (Wildman–Crippen LogP) is 2.01. The van der Waals surface area contributed by atoms with Gasteiger partial charge in [0.15, 0.2) is 0 Å². The molecule has 0 N–H and O–H groups in total. The minimum Gasteiger partial charge on any atom is -0.458 e. The first-order chi connectivity index (χ1) is 8.04. The maximum absolute atomic E-state index is 12.9. The Bertz CT molecular complexity index is 470. The van der Waals surface area contributed by atoms with Crippen LogP contribution in [0.3, 0.4) is 0 Å². The van der Waals surface area contributed by atoms with Crippen molar-refractivity contribution in [1.82, 2.24) is 0 Å². The summed E-state index contributed by atoms with van der Waals surface area (Å²) in [6.45, 7) is 1.57. The van der Waals surface area contributed by atoms with E-state index in [1.165, 1.54) is 25.1 Å². The molecule has 0 bridgehead atoms. The van der Waals surface area contributed by atoms with Crippen LogP contribution in [0.1, 0.15) is 12.5 Å². The molecule has 0 aromatic heterocycles. The fourth-order valence-corrected chi connectivity index (χ4v) is 1.15. The summed E-state index contributed by atoms with van der Waals surface area (Å²) in [6, 6.07) is 5.13. The Morgan fingerprint density at radius 2 is 2.29 bits per heavy atom. The highest BCUT2D eigenvalue weighted by molar-refractivity contribution is 5.90. The zero-order valence-electron chi connectivity index (χ0n) is 9.05. The van der Waals surface area contributed by atoms with Gasteiger partial charge in [0.2, 0.25) is 0 Å². The first-order valence-corrected chi connectivity index (χ1v) is 4.83. The lowest BCUT2D eigenvalue weighted by Gasteiger charge is -1.99. The molecule has 0 saturated heterocycles. The van der Waals surface area contributed by atoms with Crippen LogP contribution in [0.15, 0.2) is 30.0 Å². The number of carbonyl (C=O) groups excluding carboxylic acids is 1. The van der Waals surface area contributed by atoms with Crippen LogP contribution in [-0.2, 0) is 9.53 Å². The van der Waals surface area contributed by atoms with Gasteiger partial charge in [-0.3, -0.25) is 10.1 Å². The van der Waals surface area contributed by atoms with Gasteiger partial charge in [0.1, 0.15) is 5.82 Å². The van der Waals surface area contributed by atoms with Gasteiger partial charge in [-0.2, -0.15) is 0 Å². The largest absolute Gasteiger partial charge is 0.458 e. The summed E-state index contributed by atoms with van der Waals surface area (Å²) in [5.74, 6) is -1.58. The van der Waals surface area contributed by atoms with Gasteiger partial charge in [-0.1, -0.05) is 12.1 Å². The summed E-state index contributed by atoms with van der Waals surface area (Å²) < 4.78 is 17.4. The van der Waals surface area contributed by atoms with E-state index in [4.69, 9.17) is 0 Å². The zero-order valence-corrected chi connectivity index (χ0v) is 9.05. The van der Waals surface area contributed by atoms with Crippen molar-refractivity contribution < 1.29 is 18.8 Å². The molecule has 0 fully saturated rings. The molecule has 0 radical (unpaired) electrons. The first-order valence-electron chi connectivity index (χ1n) is 4.83. The lowest BCUT2D eigenvalue weighted by atomic mass is 10.2. The number of ether oxygens (including phenoxy) is 1. The van der Waals surface area contributed by atoms with Crippen molar-refractivity contribution in [2.24, 2.45) is 0 Å². The molecular weight excluding hydrogens is 229 g/mol. The third-order valence-corrected chi connectivity index (χ3v) is 1.83. The highest BCUT2D eigenvalue weighted by Crippen LogP contribution is 2.10. The fraction of sp³-hybridized carbons (Fsp3) is 0.182. The molecule has 1 rings (SSSR count). The molecule has 0 atom stereocenters. The van der Waals surface area contributed by atoms with Gasteiger partial charge in [-0.25, -0.2) is 9.18 Å². The lowest BCUT2D eigenvalue weighted by molar-refractivity contribution is -0.419. The summed E-state index contributed by atoms with van der Waals surface area (Å²) in [5, 5.41) is 10.6. The predicted molar refractivity (Wildman–Crippen MR) is 58.0 cm³/mol. The SMILES string of the molecule is CCOC(=O)C(=Cc1cccc(F)c1)[N+](=O)[O-]. The van der Waals surface area contributed by atoms with E-state index in [0.717, 1.165) is 12.1 Å². The number of nitro groups is 1. The topological polar surface area (TPSA) is 69.4 Å². The second-order valence-corrected chi connectivity index (χ2v) is 3.06. The quantitative estimate of drug-likeness (QED) is 0.349. The Morgan fingerprint density at radius 1 is 1.59 bits per heavy atom. The Balaban J connectivity index is 3.06. The highest BCUT2D eigenvalue weighted by atomic mass is 19.1. The minimum atomic E-state index is -1.04. The third kappa shape index (κ3) is 3.67. The lowest BCUT2D eigenvalue weighted by Crippen LogP contribution is -2.14. The van der Waals surface area contributed by atoms with Crippen molar-refractivity contribution in [1.29, 1.82) is 0 Å². The third-order valence-electron chi connectivity index (χ3n) is 1.83. The number of carbonyl (C=O) groups is 1. The zero-order chi connectivity index (χ0) is 12.8. The number of esters is 1. The molecule has 0 aliphatic heterocycles. The van der Waals surface area contributed by atoms with Crippen molar-refractivity contribution in [3.8, 4) is 0 Å². The normalized spacial score (nSPS) is 11.1. The number of rotatable bonds is 4. The molecule has 0 unspecified atom stereocenters. The van der Waals surface area contributed by atoms with Gasteiger partial charge >= 0.3 is 11.7 Å². The number of halogens is 1. The van der Waals surface area contributed by atoms with Gasteiger partial charge in [0, 0.05) is 6.08 Å². The van der Waals surface area contributed by atoms with Crippen LogP contribution >= 0.6 is 0 Å². The van der Waals surface area contributed by atoms with E-state index < -0.39 is 22.4 Å². The molecule has 0 amide bonds. The second-order valence-electron chi connectivity index (χ2n) is 3.06.